The molecule has 2 N–H and O–H groups in total. The molecule has 1 amide bonds. The molecule has 1 heterocycles. The van der Waals surface area contributed by atoms with Crippen molar-refractivity contribution in [2.24, 2.45) is 5.92 Å². The number of amides is 1. The molecule has 28 heavy (non-hydrogen) atoms. The van der Waals surface area contributed by atoms with Crippen molar-refractivity contribution in [1.82, 2.24) is 5.32 Å². The number of rotatable bonds is 6. The average molecular weight is 383 g/mol. The van der Waals surface area contributed by atoms with Crippen molar-refractivity contribution in [3.8, 4) is 17.2 Å². The normalized spacial score (nSPS) is 21.1. The summed E-state index contributed by atoms with van der Waals surface area (Å²) < 4.78 is 16.4. The molecule has 4 rings (SSSR count). The van der Waals surface area contributed by atoms with Gasteiger partial charge in [0.1, 0.15) is 22.8 Å². The fraction of sp³-hybridized carbons (Fsp3) is 0.409. The average Bonchev–Trinajstić information content (AvgIpc) is 3.16. The summed E-state index contributed by atoms with van der Waals surface area (Å²) in [6, 6.07) is 11.1. The summed E-state index contributed by atoms with van der Waals surface area (Å²) in [6.07, 6.45) is 1.91. The van der Waals surface area contributed by atoms with E-state index >= 15 is 0 Å². The molecule has 6 heteroatoms. The zero-order valence-electron chi connectivity index (χ0n) is 16.1. The summed E-state index contributed by atoms with van der Waals surface area (Å²) in [7, 11) is 3.07. The minimum absolute atomic E-state index is 0.181. The van der Waals surface area contributed by atoms with E-state index in [4.69, 9.17) is 14.2 Å². The predicted octanol–water partition coefficient (Wildman–Crippen LogP) is 2.88. The molecule has 2 aromatic rings. The highest BCUT2D eigenvalue weighted by atomic mass is 16.5. The van der Waals surface area contributed by atoms with E-state index in [0.29, 0.717) is 36.5 Å². The van der Waals surface area contributed by atoms with Crippen molar-refractivity contribution in [3.05, 3.63) is 53.1 Å². The molecule has 0 radical (unpaired) electrons. The van der Waals surface area contributed by atoms with Crippen LogP contribution in [0.25, 0.3) is 0 Å². The second-order valence-electron chi connectivity index (χ2n) is 7.34. The number of ether oxygens (including phenoxy) is 3. The van der Waals surface area contributed by atoms with Crippen LogP contribution < -0.4 is 19.5 Å². The number of fused-ring (bicyclic) bond motifs is 1. The summed E-state index contributed by atoms with van der Waals surface area (Å²) >= 11 is 0. The number of methoxy groups -OCH3 is 2. The molecule has 1 atom stereocenters. The number of aliphatic hydroxyl groups excluding tert-OH is 1. The summed E-state index contributed by atoms with van der Waals surface area (Å²) in [6.45, 7) is 0.691. The van der Waals surface area contributed by atoms with Gasteiger partial charge in [0.2, 0.25) is 0 Å². The van der Waals surface area contributed by atoms with E-state index < -0.39 is 0 Å². The highest BCUT2D eigenvalue weighted by Gasteiger charge is 2.37. The molecular weight excluding hydrogens is 358 g/mol. The number of carbonyl (C=O) groups is 1. The van der Waals surface area contributed by atoms with Crippen LogP contribution in [0.5, 0.6) is 17.2 Å². The van der Waals surface area contributed by atoms with Crippen molar-refractivity contribution >= 4 is 5.91 Å². The van der Waals surface area contributed by atoms with Gasteiger partial charge in [-0.2, -0.15) is 0 Å². The molecule has 0 aromatic heterocycles. The lowest BCUT2D eigenvalue weighted by molar-refractivity contribution is 0.0234. The molecule has 0 bridgehead atoms. The molecule has 148 valence electrons. The van der Waals surface area contributed by atoms with Gasteiger partial charge in [-0.15, -0.1) is 0 Å². The topological polar surface area (TPSA) is 77.0 Å². The maximum Gasteiger partial charge on any atom is 0.259 e. The lowest BCUT2D eigenvalue weighted by Crippen LogP contribution is -2.41. The summed E-state index contributed by atoms with van der Waals surface area (Å²) in [5.41, 5.74) is 2.57. The van der Waals surface area contributed by atoms with Crippen molar-refractivity contribution in [3.63, 3.8) is 0 Å². The fourth-order valence-corrected chi connectivity index (χ4v) is 4.06. The van der Waals surface area contributed by atoms with Crippen LogP contribution in [0.2, 0.25) is 0 Å². The summed E-state index contributed by atoms with van der Waals surface area (Å²) in [4.78, 5) is 13.2. The minimum Gasteiger partial charge on any atom is -0.496 e. The van der Waals surface area contributed by atoms with E-state index in [1.165, 1.54) is 14.2 Å². The largest absolute Gasteiger partial charge is 0.496 e. The Kier molecular flexibility index (Phi) is 5.13. The van der Waals surface area contributed by atoms with Crippen molar-refractivity contribution in [1.29, 1.82) is 0 Å². The van der Waals surface area contributed by atoms with Gasteiger partial charge >= 0.3 is 0 Å². The maximum atomic E-state index is 13.2. The molecule has 6 nitrogen and oxygen atoms in total. The molecule has 2 aliphatic rings. The van der Waals surface area contributed by atoms with Gasteiger partial charge < -0.3 is 24.6 Å². The molecule has 0 saturated heterocycles. The number of aliphatic hydroxyl groups is 1. The van der Waals surface area contributed by atoms with E-state index in [1.54, 1.807) is 18.2 Å². The molecule has 2 aromatic carbocycles. The highest BCUT2D eigenvalue weighted by molar-refractivity contribution is 6.00. The summed E-state index contributed by atoms with van der Waals surface area (Å²) in [5.74, 6) is 1.77. The van der Waals surface area contributed by atoms with Crippen LogP contribution in [0, 0.1) is 5.92 Å². The zero-order valence-corrected chi connectivity index (χ0v) is 16.1. The van der Waals surface area contributed by atoms with Crippen LogP contribution >= 0.6 is 0 Å². The Balaban J connectivity index is 1.64. The Hall–Kier alpha value is -2.73. The monoisotopic (exact) mass is 383 g/mol. The van der Waals surface area contributed by atoms with Crippen molar-refractivity contribution in [2.75, 3.05) is 20.8 Å². The third-order valence-electron chi connectivity index (χ3n) is 5.64. The molecule has 1 aliphatic carbocycles. The van der Waals surface area contributed by atoms with Gasteiger partial charge in [0, 0.05) is 6.42 Å². The first-order valence-corrected chi connectivity index (χ1v) is 9.56. The third kappa shape index (κ3) is 3.40. The molecule has 0 spiro atoms. The van der Waals surface area contributed by atoms with Gasteiger partial charge in [-0.05, 0) is 54.2 Å². The number of hydrogen-bond acceptors (Lipinski definition) is 5. The second kappa shape index (κ2) is 7.72. The number of carbonyl (C=O) groups excluding carboxylic acids is 1. The molecule has 1 aliphatic heterocycles. The van der Waals surface area contributed by atoms with E-state index in [-0.39, 0.29) is 24.0 Å². The molecular formula is C22H25NO5. The van der Waals surface area contributed by atoms with Gasteiger partial charge in [0.05, 0.1) is 33.0 Å². The van der Waals surface area contributed by atoms with Crippen LogP contribution in [0.4, 0.5) is 0 Å². The predicted molar refractivity (Wildman–Crippen MR) is 104 cm³/mol. The standard InChI is InChI=1S/C22H25NO5/c1-26-18-4-3-5-19(27-2)20(18)22(25)23-21(15-11-16(24)12-15)14-6-7-17-13(10-14)8-9-28-17/h3-7,10,15-16,21,24H,8-9,11-12H2,1-2H3,(H,23,25). The Morgan fingerprint density at radius 1 is 1.18 bits per heavy atom. The SMILES string of the molecule is COc1cccc(OC)c1C(=O)NC(c1ccc2c(c1)CCO2)C1CC(O)C1. The van der Waals surface area contributed by atoms with Crippen LogP contribution in [-0.4, -0.2) is 37.9 Å². The fourth-order valence-electron chi connectivity index (χ4n) is 4.06. The van der Waals surface area contributed by atoms with E-state index in [1.807, 2.05) is 12.1 Å². The Morgan fingerprint density at radius 3 is 2.54 bits per heavy atom. The minimum atomic E-state index is -0.303. The van der Waals surface area contributed by atoms with Gasteiger partial charge in [-0.1, -0.05) is 12.1 Å². The van der Waals surface area contributed by atoms with Crippen LogP contribution in [-0.2, 0) is 6.42 Å². The van der Waals surface area contributed by atoms with Gasteiger partial charge in [0.25, 0.3) is 5.91 Å². The Bertz CT molecular complexity index is 853. The second-order valence-corrected chi connectivity index (χ2v) is 7.34. The van der Waals surface area contributed by atoms with E-state index in [9.17, 15) is 9.90 Å². The molecule has 1 fully saturated rings. The van der Waals surface area contributed by atoms with Crippen molar-refractivity contribution < 1.29 is 24.1 Å². The van der Waals surface area contributed by atoms with Gasteiger partial charge in [-0.25, -0.2) is 0 Å². The third-order valence-corrected chi connectivity index (χ3v) is 5.64. The first-order valence-electron chi connectivity index (χ1n) is 9.56. The molecule has 1 saturated carbocycles. The van der Waals surface area contributed by atoms with E-state index in [0.717, 1.165) is 23.3 Å². The Labute approximate surface area is 164 Å². The number of benzene rings is 2. The van der Waals surface area contributed by atoms with Crippen LogP contribution in [0.3, 0.4) is 0 Å². The number of nitrogens with one attached hydrogen (secondary N) is 1. The zero-order chi connectivity index (χ0) is 19.7. The maximum absolute atomic E-state index is 13.2. The smallest absolute Gasteiger partial charge is 0.259 e. The lowest BCUT2D eigenvalue weighted by atomic mass is 9.74. The molecule has 1 unspecified atom stereocenters. The van der Waals surface area contributed by atoms with Gasteiger partial charge in [0.15, 0.2) is 0 Å². The van der Waals surface area contributed by atoms with Crippen molar-refractivity contribution in [2.45, 2.75) is 31.4 Å². The Morgan fingerprint density at radius 2 is 1.89 bits per heavy atom. The number of hydrogen-bond donors (Lipinski definition) is 2. The van der Waals surface area contributed by atoms with Gasteiger partial charge in [-0.3, -0.25) is 4.79 Å². The van der Waals surface area contributed by atoms with Crippen LogP contribution in [0.15, 0.2) is 36.4 Å². The summed E-state index contributed by atoms with van der Waals surface area (Å²) in [5, 5.41) is 13.0. The quantitative estimate of drug-likeness (QED) is 0.802. The lowest BCUT2D eigenvalue weighted by Gasteiger charge is -2.38. The van der Waals surface area contributed by atoms with Crippen LogP contribution in [0.1, 0.15) is 40.4 Å². The highest BCUT2D eigenvalue weighted by Crippen LogP contribution is 2.40. The first kappa shape index (κ1) is 18.6. The van der Waals surface area contributed by atoms with E-state index in [2.05, 4.69) is 11.4 Å². The first-order chi connectivity index (χ1) is 13.6.